The van der Waals surface area contributed by atoms with Gasteiger partial charge in [0.1, 0.15) is 12.4 Å². The average Bonchev–Trinajstić information content (AvgIpc) is 2.62. The van der Waals surface area contributed by atoms with Gasteiger partial charge in [0.25, 0.3) is 0 Å². The second-order valence-electron chi connectivity index (χ2n) is 6.37. The summed E-state index contributed by atoms with van der Waals surface area (Å²) in [6.45, 7) is 4.01. The molecule has 3 rings (SSSR count). The lowest BCUT2D eigenvalue weighted by Crippen LogP contribution is -2.47. The van der Waals surface area contributed by atoms with E-state index in [-0.39, 0.29) is 18.4 Å². The summed E-state index contributed by atoms with van der Waals surface area (Å²) in [6.07, 6.45) is 1.20. The van der Waals surface area contributed by atoms with Gasteiger partial charge in [-0.15, -0.1) is 12.4 Å². The molecule has 0 aromatic heterocycles. The summed E-state index contributed by atoms with van der Waals surface area (Å²) < 4.78 is 28.8. The van der Waals surface area contributed by atoms with Crippen LogP contribution in [0.5, 0.6) is 5.75 Å². The van der Waals surface area contributed by atoms with Crippen LogP contribution in [0.4, 0.5) is 0 Å². The molecule has 0 bridgehead atoms. The number of hydrogen-bond donors (Lipinski definition) is 1. The van der Waals surface area contributed by atoms with Crippen LogP contribution in [0.3, 0.4) is 0 Å². The molecule has 5 nitrogen and oxygen atoms in total. The molecule has 27 heavy (non-hydrogen) atoms. The van der Waals surface area contributed by atoms with Crippen LogP contribution >= 0.6 is 24.0 Å². The van der Waals surface area contributed by atoms with Crippen molar-refractivity contribution in [2.45, 2.75) is 10.9 Å². The van der Waals surface area contributed by atoms with Gasteiger partial charge in [-0.05, 0) is 35.9 Å². The second-order valence-corrected chi connectivity index (χ2v) is 8.79. The normalized spacial score (nSPS) is 17.9. The third-order valence-corrected chi connectivity index (χ3v) is 5.99. The standard InChI is InChI=1S/C19H23ClN2O3S.ClH/c1-26(23,24)16-8-6-15(7-9-16)25-13-12-22-11-10-21-14-19(22)17-4-2-3-5-18(17)20;/h2-9,19,21H,10-14H2,1H3;1H. The minimum absolute atomic E-state index is 0. The zero-order chi connectivity index (χ0) is 18.6. The quantitative estimate of drug-likeness (QED) is 0.762. The van der Waals surface area contributed by atoms with Gasteiger partial charge in [0.2, 0.25) is 0 Å². The summed E-state index contributed by atoms with van der Waals surface area (Å²) in [7, 11) is -3.18. The Labute approximate surface area is 172 Å². The molecule has 1 aliphatic rings. The molecule has 148 valence electrons. The topological polar surface area (TPSA) is 58.6 Å². The number of halogens is 2. The van der Waals surface area contributed by atoms with E-state index in [2.05, 4.69) is 16.3 Å². The third kappa shape index (κ3) is 5.83. The van der Waals surface area contributed by atoms with Crippen molar-refractivity contribution in [3.8, 4) is 5.75 Å². The van der Waals surface area contributed by atoms with Gasteiger partial charge in [-0.3, -0.25) is 4.90 Å². The highest BCUT2D eigenvalue weighted by Crippen LogP contribution is 2.28. The lowest BCUT2D eigenvalue weighted by Gasteiger charge is -2.36. The molecule has 1 heterocycles. The van der Waals surface area contributed by atoms with E-state index in [0.29, 0.717) is 17.3 Å². The second kappa shape index (κ2) is 9.75. The van der Waals surface area contributed by atoms with E-state index in [9.17, 15) is 8.42 Å². The van der Waals surface area contributed by atoms with E-state index in [1.54, 1.807) is 24.3 Å². The highest BCUT2D eigenvalue weighted by molar-refractivity contribution is 7.90. The fourth-order valence-electron chi connectivity index (χ4n) is 3.13. The maximum Gasteiger partial charge on any atom is 0.175 e. The maximum atomic E-state index is 11.5. The molecule has 0 radical (unpaired) electrons. The number of nitrogens with zero attached hydrogens (tertiary/aromatic N) is 1. The molecule has 2 aromatic carbocycles. The highest BCUT2D eigenvalue weighted by Gasteiger charge is 2.25. The van der Waals surface area contributed by atoms with Gasteiger partial charge >= 0.3 is 0 Å². The van der Waals surface area contributed by atoms with E-state index in [1.807, 2.05) is 18.2 Å². The largest absolute Gasteiger partial charge is 0.492 e. The number of ether oxygens (including phenoxy) is 1. The van der Waals surface area contributed by atoms with Crippen molar-refractivity contribution in [2.24, 2.45) is 0 Å². The van der Waals surface area contributed by atoms with Crippen molar-refractivity contribution in [1.82, 2.24) is 10.2 Å². The monoisotopic (exact) mass is 430 g/mol. The Kier molecular flexibility index (Phi) is 7.94. The first-order valence-electron chi connectivity index (χ1n) is 8.57. The van der Waals surface area contributed by atoms with Crippen molar-refractivity contribution < 1.29 is 13.2 Å². The average molecular weight is 431 g/mol. The van der Waals surface area contributed by atoms with Crippen molar-refractivity contribution in [3.63, 3.8) is 0 Å². The first kappa shape index (κ1) is 22.0. The zero-order valence-electron chi connectivity index (χ0n) is 15.1. The van der Waals surface area contributed by atoms with Gasteiger partial charge in [0.05, 0.1) is 4.90 Å². The Morgan fingerprint density at radius 2 is 1.89 bits per heavy atom. The Morgan fingerprint density at radius 3 is 2.56 bits per heavy atom. The van der Waals surface area contributed by atoms with Gasteiger partial charge in [-0.2, -0.15) is 0 Å². The van der Waals surface area contributed by atoms with Gasteiger partial charge in [0, 0.05) is 43.5 Å². The summed E-state index contributed by atoms with van der Waals surface area (Å²) in [5, 5.41) is 4.20. The molecule has 1 saturated heterocycles. The highest BCUT2D eigenvalue weighted by atomic mass is 35.5. The van der Waals surface area contributed by atoms with Crippen LogP contribution in [0, 0.1) is 0 Å². The molecular formula is C19H24Cl2N2O3S. The number of nitrogens with one attached hydrogen (secondary N) is 1. The minimum Gasteiger partial charge on any atom is -0.492 e. The lowest BCUT2D eigenvalue weighted by molar-refractivity contribution is 0.134. The summed E-state index contributed by atoms with van der Waals surface area (Å²) in [5.41, 5.74) is 1.12. The predicted molar refractivity (Wildman–Crippen MR) is 111 cm³/mol. The Hall–Kier alpha value is -1.31. The van der Waals surface area contributed by atoms with Crippen LogP contribution in [-0.2, 0) is 9.84 Å². The fraction of sp³-hybridized carbons (Fsp3) is 0.368. The van der Waals surface area contributed by atoms with E-state index in [0.717, 1.165) is 36.8 Å². The predicted octanol–water partition coefficient (Wildman–Crippen LogP) is 3.19. The summed E-state index contributed by atoms with van der Waals surface area (Å²) in [5.74, 6) is 0.668. The van der Waals surface area contributed by atoms with Crippen LogP contribution in [0.1, 0.15) is 11.6 Å². The number of piperazine rings is 1. The van der Waals surface area contributed by atoms with Crippen LogP contribution in [-0.4, -0.2) is 52.4 Å². The molecule has 1 N–H and O–H groups in total. The summed E-state index contributed by atoms with van der Waals surface area (Å²) in [6, 6.07) is 14.7. The first-order chi connectivity index (χ1) is 12.4. The Balaban J connectivity index is 0.00000261. The van der Waals surface area contributed by atoms with Crippen LogP contribution in [0.15, 0.2) is 53.4 Å². The third-order valence-electron chi connectivity index (χ3n) is 4.52. The number of rotatable bonds is 6. The first-order valence-corrected chi connectivity index (χ1v) is 10.8. The van der Waals surface area contributed by atoms with E-state index < -0.39 is 9.84 Å². The van der Waals surface area contributed by atoms with Crippen LogP contribution in [0.25, 0.3) is 0 Å². The molecule has 2 aromatic rings. The Morgan fingerprint density at radius 1 is 1.19 bits per heavy atom. The summed E-state index contributed by atoms with van der Waals surface area (Å²) in [4.78, 5) is 2.66. The van der Waals surface area contributed by atoms with Gasteiger partial charge in [0.15, 0.2) is 9.84 Å². The molecule has 8 heteroatoms. The molecule has 0 amide bonds. The maximum absolute atomic E-state index is 11.5. The van der Waals surface area contributed by atoms with Crippen LogP contribution in [0.2, 0.25) is 5.02 Å². The van der Waals surface area contributed by atoms with Crippen molar-refractivity contribution >= 4 is 33.8 Å². The molecule has 0 spiro atoms. The molecule has 1 aliphatic heterocycles. The Bertz CT molecular complexity index is 844. The fourth-order valence-corrected chi connectivity index (χ4v) is 4.02. The van der Waals surface area contributed by atoms with Crippen molar-refractivity contribution in [2.75, 3.05) is 39.0 Å². The van der Waals surface area contributed by atoms with Gasteiger partial charge in [-0.25, -0.2) is 8.42 Å². The molecule has 1 atom stereocenters. The number of sulfone groups is 1. The number of benzene rings is 2. The molecule has 0 saturated carbocycles. The minimum atomic E-state index is -3.18. The van der Waals surface area contributed by atoms with Crippen LogP contribution < -0.4 is 10.1 Å². The van der Waals surface area contributed by atoms with E-state index >= 15 is 0 Å². The molecular weight excluding hydrogens is 407 g/mol. The molecule has 0 aliphatic carbocycles. The molecule has 1 fully saturated rings. The lowest BCUT2D eigenvalue weighted by atomic mass is 10.0. The molecule has 1 unspecified atom stereocenters. The summed E-state index contributed by atoms with van der Waals surface area (Å²) >= 11 is 6.37. The van der Waals surface area contributed by atoms with E-state index in [1.165, 1.54) is 6.26 Å². The SMILES string of the molecule is CS(=O)(=O)c1ccc(OCCN2CCNCC2c2ccccc2Cl)cc1.Cl. The van der Waals surface area contributed by atoms with Gasteiger partial charge < -0.3 is 10.1 Å². The smallest absolute Gasteiger partial charge is 0.175 e. The van der Waals surface area contributed by atoms with Crippen molar-refractivity contribution in [3.05, 3.63) is 59.1 Å². The van der Waals surface area contributed by atoms with Crippen molar-refractivity contribution in [1.29, 1.82) is 0 Å². The van der Waals surface area contributed by atoms with E-state index in [4.69, 9.17) is 16.3 Å². The number of hydrogen-bond acceptors (Lipinski definition) is 5. The van der Waals surface area contributed by atoms with Gasteiger partial charge in [-0.1, -0.05) is 29.8 Å². The zero-order valence-corrected chi connectivity index (χ0v) is 17.5.